The van der Waals surface area contributed by atoms with E-state index in [1.807, 2.05) is 0 Å². The lowest BCUT2D eigenvalue weighted by molar-refractivity contribution is -0.123. The SMILES string of the molecule is O=C(COc1ccc(Cl)c(F)c1)NCC[C@H](O)CNC(=O)c1cnc2cc(F)ccc2n1. The van der Waals surface area contributed by atoms with Crippen LogP contribution in [0.5, 0.6) is 5.75 Å². The van der Waals surface area contributed by atoms with E-state index in [0.717, 1.165) is 6.07 Å². The van der Waals surface area contributed by atoms with Crippen molar-refractivity contribution in [2.45, 2.75) is 12.5 Å². The molecule has 0 aliphatic rings. The summed E-state index contributed by atoms with van der Waals surface area (Å²) in [5, 5.41) is 15.0. The summed E-state index contributed by atoms with van der Waals surface area (Å²) in [6.07, 6.45) is 0.466. The molecule has 0 unspecified atom stereocenters. The summed E-state index contributed by atoms with van der Waals surface area (Å²) in [5.74, 6) is -1.95. The molecular weight excluding hydrogens is 446 g/mol. The molecule has 1 heterocycles. The lowest BCUT2D eigenvalue weighted by atomic mass is 10.2. The summed E-state index contributed by atoms with van der Waals surface area (Å²) in [7, 11) is 0. The molecule has 2 amide bonds. The van der Waals surface area contributed by atoms with Crippen molar-refractivity contribution in [3.05, 3.63) is 64.9 Å². The zero-order valence-electron chi connectivity index (χ0n) is 16.6. The molecule has 3 rings (SSSR count). The number of benzene rings is 2. The standard InChI is InChI=1S/C21H19ClF2N4O4/c22-15-3-2-14(8-16(15)24)32-11-20(30)25-6-5-13(29)9-27-21(31)19-10-26-18-7-12(23)1-4-17(18)28-19/h1-4,7-8,10,13,29H,5-6,9,11H2,(H,25,30)(H,27,31)/t13-/m0/s1. The van der Waals surface area contributed by atoms with Gasteiger partial charge in [-0.1, -0.05) is 11.6 Å². The molecule has 1 aromatic heterocycles. The number of aliphatic hydroxyl groups is 1. The lowest BCUT2D eigenvalue weighted by Crippen LogP contribution is -2.36. The van der Waals surface area contributed by atoms with Crippen molar-refractivity contribution in [2.24, 2.45) is 0 Å². The fourth-order valence-electron chi connectivity index (χ4n) is 2.64. The number of hydrogen-bond acceptors (Lipinski definition) is 6. The third-order valence-electron chi connectivity index (χ3n) is 4.30. The first kappa shape index (κ1) is 23.3. The minimum atomic E-state index is -0.923. The number of carbonyl (C=O) groups is 2. The number of aliphatic hydroxyl groups excluding tert-OH is 1. The molecule has 0 bridgehead atoms. The van der Waals surface area contributed by atoms with E-state index in [1.165, 1.54) is 36.5 Å². The van der Waals surface area contributed by atoms with E-state index >= 15 is 0 Å². The van der Waals surface area contributed by atoms with Crippen molar-refractivity contribution in [1.29, 1.82) is 0 Å². The van der Waals surface area contributed by atoms with Crippen LogP contribution in [0.2, 0.25) is 5.02 Å². The van der Waals surface area contributed by atoms with Crippen LogP contribution in [0, 0.1) is 11.6 Å². The highest BCUT2D eigenvalue weighted by Crippen LogP contribution is 2.20. The second kappa shape index (κ2) is 10.8. The number of nitrogens with one attached hydrogen (secondary N) is 2. The second-order valence-electron chi connectivity index (χ2n) is 6.76. The fourth-order valence-corrected chi connectivity index (χ4v) is 2.76. The Kier molecular flexibility index (Phi) is 7.85. The molecule has 11 heteroatoms. The Balaban J connectivity index is 1.36. The molecule has 2 aromatic carbocycles. The Morgan fingerprint density at radius 3 is 2.72 bits per heavy atom. The molecule has 32 heavy (non-hydrogen) atoms. The molecule has 0 fully saturated rings. The maximum absolute atomic E-state index is 13.3. The third kappa shape index (κ3) is 6.56. The predicted molar refractivity (Wildman–Crippen MR) is 112 cm³/mol. The van der Waals surface area contributed by atoms with E-state index in [9.17, 15) is 23.5 Å². The van der Waals surface area contributed by atoms with Gasteiger partial charge in [-0.3, -0.25) is 14.6 Å². The van der Waals surface area contributed by atoms with Gasteiger partial charge in [0, 0.05) is 25.2 Å². The van der Waals surface area contributed by atoms with Crippen LogP contribution in [-0.4, -0.2) is 52.7 Å². The zero-order chi connectivity index (χ0) is 23.1. The van der Waals surface area contributed by atoms with E-state index < -0.39 is 29.6 Å². The van der Waals surface area contributed by atoms with E-state index in [2.05, 4.69) is 20.6 Å². The topological polar surface area (TPSA) is 113 Å². The first-order valence-corrected chi connectivity index (χ1v) is 9.93. The number of nitrogens with zero attached hydrogens (tertiary/aromatic N) is 2. The first-order chi connectivity index (χ1) is 15.3. The quantitative estimate of drug-likeness (QED) is 0.447. The Bertz CT molecular complexity index is 1130. The average molecular weight is 465 g/mol. The summed E-state index contributed by atoms with van der Waals surface area (Å²) in [5.41, 5.74) is 0.716. The minimum absolute atomic E-state index is 0.0281. The summed E-state index contributed by atoms with van der Waals surface area (Å²) in [6, 6.07) is 7.66. The number of ether oxygens (including phenoxy) is 1. The van der Waals surface area contributed by atoms with Crippen LogP contribution < -0.4 is 15.4 Å². The summed E-state index contributed by atoms with van der Waals surface area (Å²) in [6.45, 7) is -0.271. The molecule has 3 aromatic rings. The number of hydrogen-bond donors (Lipinski definition) is 3. The number of aromatic nitrogens is 2. The second-order valence-corrected chi connectivity index (χ2v) is 7.16. The monoisotopic (exact) mass is 464 g/mol. The minimum Gasteiger partial charge on any atom is -0.484 e. The van der Waals surface area contributed by atoms with E-state index in [-0.39, 0.29) is 42.6 Å². The van der Waals surface area contributed by atoms with Crippen LogP contribution in [0.4, 0.5) is 8.78 Å². The maximum Gasteiger partial charge on any atom is 0.271 e. The van der Waals surface area contributed by atoms with Crippen LogP contribution in [0.25, 0.3) is 11.0 Å². The Morgan fingerprint density at radius 2 is 1.94 bits per heavy atom. The van der Waals surface area contributed by atoms with Crippen molar-refractivity contribution in [3.63, 3.8) is 0 Å². The zero-order valence-corrected chi connectivity index (χ0v) is 17.4. The van der Waals surface area contributed by atoms with Gasteiger partial charge in [0.2, 0.25) is 0 Å². The molecular formula is C21H19ClF2N4O4. The van der Waals surface area contributed by atoms with Crippen LogP contribution >= 0.6 is 11.6 Å². The van der Waals surface area contributed by atoms with Crippen molar-refractivity contribution in [2.75, 3.05) is 19.7 Å². The summed E-state index contributed by atoms with van der Waals surface area (Å²) in [4.78, 5) is 32.1. The van der Waals surface area contributed by atoms with E-state index in [4.69, 9.17) is 16.3 Å². The van der Waals surface area contributed by atoms with Gasteiger partial charge in [0.05, 0.1) is 28.4 Å². The molecule has 0 aliphatic heterocycles. The van der Waals surface area contributed by atoms with Gasteiger partial charge >= 0.3 is 0 Å². The third-order valence-corrected chi connectivity index (χ3v) is 4.60. The Labute approximate surface area is 186 Å². The van der Waals surface area contributed by atoms with Gasteiger partial charge in [-0.2, -0.15) is 0 Å². The van der Waals surface area contributed by atoms with Gasteiger partial charge in [-0.15, -0.1) is 0 Å². The highest BCUT2D eigenvalue weighted by atomic mass is 35.5. The molecule has 0 saturated carbocycles. The number of halogens is 3. The smallest absolute Gasteiger partial charge is 0.271 e. The molecule has 0 radical (unpaired) electrons. The van der Waals surface area contributed by atoms with Crippen LogP contribution in [-0.2, 0) is 4.79 Å². The van der Waals surface area contributed by atoms with Gasteiger partial charge in [0.15, 0.2) is 6.61 Å². The van der Waals surface area contributed by atoms with E-state index in [1.54, 1.807) is 0 Å². The highest BCUT2D eigenvalue weighted by Gasteiger charge is 2.13. The van der Waals surface area contributed by atoms with Crippen LogP contribution in [0.15, 0.2) is 42.6 Å². The van der Waals surface area contributed by atoms with Gasteiger partial charge in [0.25, 0.3) is 11.8 Å². The normalized spacial score (nSPS) is 11.8. The van der Waals surface area contributed by atoms with E-state index in [0.29, 0.717) is 11.0 Å². The lowest BCUT2D eigenvalue weighted by Gasteiger charge is -2.13. The number of amides is 2. The fraction of sp³-hybridized carbons (Fsp3) is 0.238. The van der Waals surface area contributed by atoms with Crippen molar-refractivity contribution in [1.82, 2.24) is 20.6 Å². The number of fused-ring (bicyclic) bond motifs is 1. The molecule has 3 N–H and O–H groups in total. The van der Waals surface area contributed by atoms with Crippen molar-refractivity contribution >= 4 is 34.4 Å². The van der Waals surface area contributed by atoms with Gasteiger partial charge in [-0.25, -0.2) is 13.8 Å². The maximum atomic E-state index is 13.3. The molecule has 0 spiro atoms. The van der Waals surface area contributed by atoms with Crippen LogP contribution in [0.1, 0.15) is 16.9 Å². The van der Waals surface area contributed by atoms with Gasteiger partial charge in [0.1, 0.15) is 23.1 Å². The molecule has 0 aliphatic carbocycles. The van der Waals surface area contributed by atoms with Crippen molar-refractivity contribution < 1.29 is 28.2 Å². The summed E-state index contributed by atoms with van der Waals surface area (Å²) >= 11 is 5.57. The Hall–Kier alpha value is -3.37. The number of carbonyl (C=O) groups excluding carboxylic acids is 2. The molecule has 0 saturated heterocycles. The van der Waals surface area contributed by atoms with Crippen molar-refractivity contribution in [3.8, 4) is 5.75 Å². The number of rotatable bonds is 9. The van der Waals surface area contributed by atoms with Gasteiger partial charge in [-0.05, 0) is 30.7 Å². The van der Waals surface area contributed by atoms with Crippen LogP contribution in [0.3, 0.4) is 0 Å². The molecule has 8 nitrogen and oxygen atoms in total. The largest absolute Gasteiger partial charge is 0.484 e. The molecule has 1 atom stereocenters. The Morgan fingerprint density at radius 1 is 1.12 bits per heavy atom. The predicted octanol–water partition coefficient (Wildman–Crippen LogP) is 2.24. The average Bonchev–Trinajstić information content (AvgIpc) is 2.77. The molecule has 168 valence electrons. The first-order valence-electron chi connectivity index (χ1n) is 9.55. The van der Waals surface area contributed by atoms with Gasteiger partial charge < -0.3 is 20.5 Å². The summed E-state index contributed by atoms with van der Waals surface area (Å²) < 4.78 is 31.7. The highest BCUT2D eigenvalue weighted by molar-refractivity contribution is 6.30.